The number of nitrogens with zero attached hydrogens (tertiary/aromatic N) is 2. The Morgan fingerprint density at radius 3 is 2.54 bits per heavy atom. The fourth-order valence-electron chi connectivity index (χ4n) is 6.91. The van der Waals surface area contributed by atoms with E-state index < -0.39 is 0 Å². The molecular weight excluding hydrogens is 322 g/mol. The average molecular weight is 354 g/mol. The molecule has 5 fully saturated rings. The first-order valence-corrected chi connectivity index (χ1v) is 10.5. The maximum absolute atomic E-state index is 13.0. The van der Waals surface area contributed by atoms with Gasteiger partial charge in [0.2, 0.25) is 0 Å². The zero-order valence-corrected chi connectivity index (χ0v) is 16.1. The number of aryl methyl sites for hydroxylation is 1. The molecule has 4 nitrogen and oxygen atoms in total. The van der Waals surface area contributed by atoms with Crippen LogP contribution in [0.2, 0.25) is 0 Å². The van der Waals surface area contributed by atoms with Crippen molar-refractivity contribution < 1.29 is 4.79 Å². The number of hydrogen-bond acceptors (Lipinski definition) is 3. The Hall–Kier alpha value is -1.42. The number of carbonyl (C=O) groups excluding carboxylic acids is 1. The molecule has 140 valence electrons. The lowest BCUT2D eigenvalue weighted by molar-refractivity contribution is -0.119. The first-order valence-electron chi connectivity index (χ1n) is 10.5. The van der Waals surface area contributed by atoms with Gasteiger partial charge in [-0.1, -0.05) is 12.5 Å². The molecule has 1 N–H and O–H groups in total. The summed E-state index contributed by atoms with van der Waals surface area (Å²) in [6.07, 6.45) is 11.6. The molecule has 0 aromatic carbocycles. The number of pyridine rings is 1. The summed E-state index contributed by atoms with van der Waals surface area (Å²) in [6.45, 7) is 1.95. The standard InChI is InChI=1S/C22H31N3O/c1-15-5-3-8-19(23-15)20(26)24-21-10-16-9-17(11-21)13-22(12-16,14-21)25(2)18-6-4-7-18/h3,5,8,16-18H,4,6-7,9-14H2,1-2H3,(H,24,26). The van der Waals surface area contributed by atoms with Gasteiger partial charge in [0.15, 0.2) is 0 Å². The lowest BCUT2D eigenvalue weighted by atomic mass is 9.49. The van der Waals surface area contributed by atoms with Gasteiger partial charge in [-0.05, 0) is 89.3 Å². The highest BCUT2D eigenvalue weighted by atomic mass is 16.2. The Morgan fingerprint density at radius 1 is 1.19 bits per heavy atom. The highest BCUT2D eigenvalue weighted by Gasteiger charge is 2.60. The van der Waals surface area contributed by atoms with Crippen LogP contribution >= 0.6 is 0 Å². The topological polar surface area (TPSA) is 45.2 Å². The fraction of sp³-hybridized carbons (Fsp3) is 0.727. The van der Waals surface area contributed by atoms with Crippen LogP contribution in [0.15, 0.2) is 18.2 Å². The minimum Gasteiger partial charge on any atom is -0.345 e. The highest BCUT2D eigenvalue weighted by molar-refractivity contribution is 5.92. The van der Waals surface area contributed by atoms with E-state index in [-0.39, 0.29) is 11.4 Å². The van der Waals surface area contributed by atoms with E-state index in [4.69, 9.17) is 0 Å². The number of carbonyl (C=O) groups is 1. The van der Waals surface area contributed by atoms with Crippen molar-refractivity contribution in [1.82, 2.24) is 15.2 Å². The summed E-state index contributed by atoms with van der Waals surface area (Å²) in [5.74, 6) is 1.59. The third kappa shape index (κ3) is 2.60. The van der Waals surface area contributed by atoms with E-state index in [1.165, 1.54) is 51.4 Å². The Bertz CT molecular complexity index is 712. The van der Waals surface area contributed by atoms with E-state index in [0.29, 0.717) is 11.2 Å². The number of nitrogens with one attached hydrogen (secondary N) is 1. The van der Waals surface area contributed by atoms with Crippen LogP contribution in [0, 0.1) is 18.8 Å². The van der Waals surface area contributed by atoms with Gasteiger partial charge < -0.3 is 5.32 Å². The summed E-state index contributed by atoms with van der Waals surface area (Å²) in [5, 5.41) is 3.49. The van der Waals surface area contributed by atoms with Crippen molar-refractivity contribution in [3.05, 3.63) is 29.6 Å². The van der Waals surface area contributed by atoms with Crippen LogP contribution in [0.25, 0.3) is 0 Å². The van der Waals surface area contributed by atoms with Crippen LogP contribution in [0.1, 0.15) is 74.0 Å². The molecule has 1 amide bonds. The fourth-order valence-corrected chi connectivity index (χ4v) is 6.91. The molecule has 5 aliphatic rings. The summed E-state index contributed by atoms with van der Waals surface area (Å²) < 4.78 is 0. The molecule has 5 aliphatic carbocycles. The summed E-state index contributed by atoms with van der Waals surface area (Å²) in [4.78, 5) is 20.2. The Balaban J connectivity index is 1.40. The minimum atomic E-state index is -0.00933. The molecule has 4 bridgehead atoms. The molecule has 5 saturated carbocycles. The zero-order valence-electron chi connectivity index (χ0n) is 16.1. The van der Waals surface area contributed by atoms with Crippen molar-refractivity contribution in [3.63, 3.8) is 0 Å². The van der Waals surface area contributed by atoms with Crippen molar-refractivity contribution in [3.8, 4) is 0 Å². The first-order chi connectivity index (χ1) is 12.5. The second-order valence-corrected chi connectivity index (χ2v) is 9.78. The molecule has 0 spiro atoms. The maximum Gasteiger partial charge on any atom is 0.270 e. The predicted molar refractivity (Wildman–Crippen MR) is 102 cm³/mol. The molecule has 4 heteroatoms. The molecule has 0 aliphatic heterocycles. The van der Waals surface area contributed by atoms with Crippen LogP contribution in [0.5, 0.6) is 0 Å². The SMILES string of the molecule is Cc1cccc(C(=O)NC23CC4CC(C2)CC(N(C)C2CCC2)(C4)C3)n1. The lowest BCUT2D eigenvalue weighted by Crippen LogP contribution is -2.70. The van der Waals surface area contributed by atoms with Gasteiger partial charge in [-0.3, -0.25) is 9.69 Å². The van der Waals surface area contributed by atoms with Gasteiger partial charge in [0, 0.05) is 22.8 Å². The molecule has 0 radical (unpaired) electrons. The second kappa shape index (κ2) is 5.79. The number of rotatable bonds is 4. The molecule has 26 heavy (non-hydrogen) atoms. The van der Waals surface area contributed by atoms with E-state index in [0.717, 1.165) is 30.0 Å². The number of amides is 1. The van der Waals surface area contributed by atoms with Crippen molar-refractivity contribution in [1.29, 1.82) is 0 Å². The maximum atomic E-state index is 13.0. The van der Waals surface area contributed by atoms with Crippen molar-refractivity contribution >= 4 is 5.91 Å². The lowest BCUT2D eigenvalue weighted by Gasteiger charge is -2.66. The van der Waals surface area contributed by atoms with E-state index in [1.807, 2.05) is 25.1 Å². The van der Waals surface area contributed by atoms with E-state index in [1.54, 1.807) is 0 Å². The van der Waals surface area contributed by atoms with Gasteiger partial charge in [-0.15, -0.1) is 0 Å². The van der Waals surface area contributed by atoms with Gasteiger partial charge in [-0.2, -0.15) is 0 Å². The Morgan fingerprint density at radius 2 is 1.92 bits per heavy atom. The van der Waals surface area contributed by atoms with Crippen molar-refractivity contribution in [2.75, 3.05) is 7.05 Å². The van der Waals surface area contributed by atoms with E-state index in [2.05, 4.69) is 22.2 Å². The molecular formula is C22H31N3O. The van der Waals surface area contributed by atoms with E-state index >= 15 is 0 Å². The summed E-state index contributed by atoms with van der Waals surface area (Å²) in [7, 11) is 2.37. The molecule has 1 aromatic heterocycles. The predicted octanol–water partition coefficient (Wildman–Crippen LogP) is 3.70. The molecule has 0 saturated heterocycles. The summed E-state index contributed by atoms with van der Waals surface area (Å²) in [5.41, 5.74) is 1.79. The molecule has 2 atom stereocenters. The molecule has 6 rings (SSSR count). The van der Waals surface area contributed by atoms with E-state index in [9.17, 15) is 4.79 Å². The average Bonchev–Trinajstić information content (AvgIpc) is 2.51. The normalized spacial score (nSPS) is 38.4. The van der Waals surface area contributed by atoms with Crippen LogP contribution in [0.4, 0.5) is 0 Å². The van der Waals surface area contributed by atoms with Gasteiger partial charge >= 0.3 is 0 Å². The molecule has 1 heterocycles. The largest absolute Gasteiger partial charge is 0.345 e. The second-order valence-electron chi connectivity index (χ2n) is 9.78. The van der Waals surface area contributed by atoms with Crippen LogP contribution < -0.4 is 5.32 Å². The summed E-state index contributed by atoms with van der Waals surface area (Å²) in [6, 6.07) is 6.50. The highest BCUT2D eigenvalue weighted by Crippen LogP contribution is 2.60. The third-order valence-electron chi connectivity index (χ3n) is 7.90. The van der Waals surface area contributed by atoms with Crippen molar-refractivity contribution in [2.45, 2.75) is 81.8 Å². The first kappa shape index (κ1) is 16.7. The monoisotopic (exact) mass is 353 g/mol. The minimum absolute atomic E-state index is 0.00933. The summed E-state index contributed by atoms with van der Waals surface area (Å²) >= 11 is 0. The van der Waals surface area contributed by atoms with Gasteiger partial charge in [0.25, 0.3) is 5.91 Å². The molecule has 2 unspecified atom stereocenters. The quantitative estimate of drug-likeness (QED) is 0.898. The third-order valence-corrected chi connectivity index (χ3v) is 7.90. The van der Waals surface area contributed by atoms with Gasteiger partial charge in [0.05, 0.1) is 0 Å². The Labute approximate surface area is 156 Å². The van der Waals surface area contributed by atoms with Gasteiger partial charge in [-0.25, -0.2) is 4.98 Å². The van der Waals surface area contributed by atoms with Crippen LogP contribution in [-0.4, -0.2) is 40.0 Å². The van der Waals surface area contributed by atoms with Crippen molar-refractivity contribution in [2.24, 2.45) is 11.8 Å². The zero-order chi connectivity index (χ0) is 17.9. The van der Waals surface area contributed by atoms with Crippen LogP contribution in [0.3, 0.4) is 0 Å². The van der Waals surface area contributed by atoms with Gasteiger partial charge in [0.1, 0.15) is 5.69 Å². The Kier molecular flexibility index (Phi) is 3.72. The number of hydrogen-bond donors (Lipinski definition) is 1. The number of aromatic nitrogens is 1. The molecule has 1 aromatic rings. The smallest absolute Gasteiger partial charge is 0.270 e. The van der Waals surface area contributed by atoms with Crippen LogP contribution in [-0.2, 0) is 0 Å².